The van der Waals surface area contributed by atoms with E-state index in [1.807, 2.05) is 5.38 Å². The van der Waals surface area contributed by atoms with Gasteiger partial charge in [-0.2, -0.15) is 0 Å². The second-order valence-electron chi connectivity index (χ2n) is 4.89. The summed E-state index contributed by atoms with van der Waals surface area (Å²) in [6.07, 6.45) is 2.03. The van der Waals surface area contributed by atoms with Crippen molar-refractivity contribution in [2.75, 3.05) is 6.54 Å². The second-order valence-corrected chi connectivity index (χ2v) is 7.74. The monoisotopic (exact) mass is 288 g/mol. The minimum absolute atomic E-state index is 0.138. The molecular formula is C12H20N2O2S2. The van der Waals surface area contributed by atoms with Crippen molar-refractivity contribution in [1.29, 1.82) is 0 Å². The molecule has 1 aliphatic rings. The molecule has 2 N–H and O–H groups in total. The van der Waals surface area contributed by atoms with Gasteiger partial charge in [0.25, 0.3) is 0 Å². The molecule has 102 valence electrons. The van der Waals surface area contributed by atoms with E-state index in [4.69, 9.17) is 0 Å². The van der Waals surface area contributed by atoms with Gasteiger partial charge in [0.05, 0.1) is 0 Å². The lowest BCUT2D eigenvalue weighted by atomic mass is 10.3. The third-order valence-electron chi connectivity index (χ3n) is 3.07. The fourth-order valence-electron chi connectivity index (χ4n) is 1.74. The quantitative estimate of drug-likeness (QED) is 0.754. The normalized spacial score (nSPS) is 23.2. The van der Waals surface area contributed by atoms with Crippen LogP contribution in [0, 0.1) is 5.92 Å². The fourth-order valence-corrected chi connectivity index (χ4v) is 4.32. The van der Waals surface area contributed by atoms with Gasteiger partial charge < -0.3 is 5.32 Å². The van der Waals surface area contributed by atoms with E-state index in [1.165, 1.54) is 11.3 Å². The van der Waals surface area contributed by atoms with Crippen LogP contribution in [0.5, 0.6) is 0 Å². The van der Waals surface area contributed by atoms with Crippen molar-refractivity contribution in [2.45, 2.75) is 43.5 Å². The van der Waals surface area contributed by atoms with Gasteiger partial charge in [0, 0.05) is 12.6 Å². The van der Waals surface area contributed by atoms with Crippen molar-refractivity contribution in [3.8, 4) is 0 Å². The predicted octanol–water partition coefficient (Wildman–Crippen LogP) is 1.93. The van der Waals surface area contributed by atoms with Gasteiger partial charge in [-0.1, -0.05) is 13.8 Å². The van der Waals surface area contributed by atoms with Gasteiger partial charge in [0.1, 0.15) is 4.21 Å². The Kier molecular flexibility index (Phi) is 4.42. The zero-order valence-corrected chi connectivity index (χ0v) is 12.4. The first kappa shape index (κ1) is 14.0. The van der Waals surface area contributed by atoms with E-state index in [1.54, 1.807) is 6.07 Å². The third kappa shape index (κ3) is 3.54. The van der Waals surface area contributed by atoms with Crippen LogP contribution in [-0.4, -0.2) is 21.0 Å². The Labute approximate surface area is 113 Å². The Morgan fingerprint density at radius 1 is 1.50 bits per heavy atom. The van der Waals surface area contributed by atoms with Gasteiger partial charge in [-0.05, 0) is 42.3 Å². The molecule has 1 aromatic heterocycles. The van der Waals surface area contributed by atoms with Crippen LogP contribution in [0.15, 0.2) is 15.7 Å². The van der Waals surface area contributed by atoms with Gasteiger partial charge >= 0.3 is 0 Å². The van der Waals surface area contributed by atoms with Crippen molar-refractivity contribution < 1.29 is 8.42 Å². The molecule has 0 bridgehead atoms. The Hall–Kier alpha value is -0.430. The van der Waals surface area contributed by atoms with Crippen LogP contribution in [0.3, 0.4) is 0 Å². The molecule has 6 heteroatoms. The maximum Gasteiger partial charge on any atom is 0.250 e. The number of hydrogen-bond acceptors (Lipinski definition) is 4. The molecule has 0 spiro atoms. The largest absolute Gasteiger partial charge is 0.313 e. The van der Waals surface area contributed by atoms with Gasteiger partial charge in [0.2, 0.25) is 10.0 Å². The second kappa shape index (κ2) is 5.69. The van der Waals surface area contributed by atoms with Crippen LogP contribution in [0.1, 0.15) is 32.3 Å². The molecule has 1 aliphatic carbocycles. The zero-order chi connectivity index (χ0) is 13.2. The number of rotatable bonds is 7. The zero-order valence-electron chi connectivity index (χ0n) is 10.8. The minimum Gasteiger partial charge on any atom is -0.313 e. The highest BCUT2D eigenvalue weighted by atomic mass is 32.2. The van der Waals surface area contributed by atoms with Crippen molar-refractivity contribution in [1.82, 2.24) is 10.0 Å². The number of hydrogen-bond donors (Lipinski definition) is 2. The standard InChI is InChI=1S/C12H20N2O2S2/c1-3-4-13-7-10-6-12(17-8-10)18(15,16)14-11-5-9(11)2/h6,8-9,11,13-14H,3-5,7H2,1-2H3. The Morgan fingerprint density at radius 3 is 2.83 bits per heavy atom. The van der Waals surface area contributed by atoms with E-state index < -0.39 is 10.0 Å². The highest BCUT2D eigenvalue weighted by Crippen LogP contribution is 2.31. The van der Waals surface area contributed by atoms with Crippen molar-refractivity contribution in [3.63, 3.8) is 0 Å². The summed E-state index contributed by atoms with van der Waals surface area (Å²) >= 11 is 1.30. The number of thiophene rings is 1. The molecule has 1 fully saturated rings. The van der Waals surface area contributed by atoms with Crippen LogP contribution in [0.4, 0.5) is 0 Å². The highest BCUT2D eigenvalue weighted by Gasteiger charge is 2.36. The molecule has 18 heavy (non-hydrogen) atoms. The lowest BCUT2D eigenvalue weighted by molar-refractivity contribution is 0.580. The molecule has 0 aliphatic heterocycles. The van der Waals surface area contributed by atoms with E-state index in [0.29, 0.717) is 10.1 Å². The van der Waals surface area contributed by atoms with Crippen LogP contribution < -0.4 is 10.0 Å². The number of nitrogens with one attached hydrogen (secondary N) is 2. The van der Waals surface area contributed by atoms with Crippen LogP contribution in [-0.2, 0) is 16.6 Å². The van der Waals surface area contributed by atoms with Gasteiger partial charge in [-0.25, -0.2) is 13.1 Å². The summed E-state index contributed by atoms with van der Waals surface area (Å²) in [5.41, 5.74) is 1.04. The minimum atomic E-state index is -3.30. The SMILES string of the molecule is CCCNCc1csc(S(=O)(=O)NC2CC2C)c1. The first-order valence-electron chi connectivity index (χ1n) is 6.33. The molecule has 2 rings (SSSR count). The molecule has 1 aromatic rings. The summed E-state index contributed by atoms with van der Waals surface area (Å²) in [7, 11) is -3.30. The summed E-state index contributed by atoms with van der Waals surface area (Å²) in [4.78, 5) is 0. The Balaban J connectivity index is 1.95. The smallest absolute Gasteiger partial charge is 0.250 e. The summed E-state index contributed by atoms with van der Waals surface area (Å²) in [6.45, 7) is 5.86. The van der Waals surface area contributed by atoms with Crippen LogP contribution in [0.25, 0.3) is 0 Å². The average Bonchev–Trinajstić information content (AvgIpc) is 2.82. The molecule has 0 radical (unpaired) electrons. The summed E-state index contributed by atoms with van der Waals surface area (Å²) < 4.78 is 27.3. The van der Waals surface area contributed by atoms with Crippen molar-refractivity contribution in [3.05, 3.63) is 17.0 Å². The summed E-state index contributed by atoms with van der Waals surface area (Å²) in [5.74, 6) is 0.477. The maximum atomic E-state index is 12.1. The maximum absolute atomic E-state index is 12.1. The molecule has 0 aromatic carbocycles. The summed E-state index contributed by atoms with van der Waals surface area (Å²) in [6, 6.07) is 1.90. The lowest BCUT2D eigenvalue weighted by Gasteiger charge is -2.02. The number of sulfonamides is 1. The third-order valence-corrected chi connectivity index (χ3v) is 6.04. The average molecular weight is 288 g/mol. The summed E-state index contributed by atoms with van der Waals surface area (Å²) in [5, 5.41) is 5.18. The van der Waals surface area contributed by atoms with Gasteiger partial charge in [-0.15, -0.1) is 11.3 Å². The van der Waals surface area contributed by atoms with E-state index in [2.05, 4.69) is 23.9 Å². The molecule has 1 heterocycles. The predicted molar refractivity (Wildman–Crippen MR) is 74.2 cm³/mol. The molecule has 2 atom stereocenters. The van der Waals surface area contributed by atoms with Crippen molar-refractivity contribution in [2.24, 2.45) is 5.92 Å². The van der Waals surface area contributed by atoms with Crippen LogP contribution >= 0.6 is 11.3 Å². The molecule has 0 saturated heterocycles. The van der Waals surface area contributed by atoms with Crippen molar-refractivity contribution >= 4 is 21.4 Å². The Morgan fingerprint density at radius 2 is 2.22 bits per heavy atom. The van der Waals surface area contributed by atoms with E-state index >= 15 is 0 Å². The molecule has 2 unspecified atom stereocenters. The lowest BCUT2D eigenvalue weighted by Crippen LogP contribution is -2.26. The first-order valence-corrected chi connectivity index (χ1v) is 8.69. The molecule has 0 amide bonds. The topological polar surface area (TPSA) is 58.2 Å². The molecule has 4 nitrogen and oxygen atoms in total. The van der Waals surface area contributed by atoms with Crippen LogP contribution in [0.2, 0.25) is 0 Å². The Bertz CT molecular complexity index is 496. The van der Waals surface area contributed by atoms with Gasteiger partial charge in [0.15, 0.2) is 0 Å². The van der Waals surface area contributed by atoms with E-state index in [9.17, 15) is 8.42 Å². The molecule has 1 saturated carbocycles. The molecular weight excluding hydrogens is 268 g/mol. The van der Waals surface area contributed by atoms with E-state index in [0.717, 1.165) is 31.5 Å². The first-order chi connectivity index (χ1) is 8.53. The fraction of sp³-hybridized carbons (Fsp3) is 0.667. The highest BCUT2D eigenvalue weighted by molar-refractivity contribution is 7.91. The van der Waals surface area contributed by atoms with E-state index in [-0.39, 0.29) is 6.04 Å². The van der Waals surface area contributed by atoms with Gasteiger partial charge in [-0.3, -0.25) is 0 Å².